The van der Waals surface area contributed by atoms with Gasteiger partial charge in [0.2, 0.25) is 0 Å². The zero-order valence-corrected chi connectivity index (χ0v) is 16.4. The van der Waals surface area contributed by atoms with Gasteiger partial charge in [-0.05, 0) is 50.1 Å². The minimum absolute atomic E-state index is 0.272. The van der Waals surface area contributed by atoms with Crippen molar-refractivity contribution in [1.82, 2.24) is 14.5 Å². The molecule has 3 heterocycles. The van der Waals surface area contributed by atoms with Gasteiger partial charge in [-0.1, -0.05) is 0 Å². The van der Waals surface area contributed by atoms with E-state index in [0.717, 1.165) is 9.95 Å². The number of carbonyl (C=O) groups excluding carboxylic acids is 1. The number of fused-ring (bicyclic) bond motifs is 1. The minimum Gasteiger partial charge on any atom is -0.464 e. The van der Waals surface area contributed by atoms with Crippen molar-refractivity contribution in [3.63, 3.8) is 0 Å². The first-order chi connectivity index (χ1) is 14.3. The highest BCUT2D eigenvalue weighted by Crippen LogP contribution is 2.27. The van der Waals surface area contributed by atoms with Crippen LogP contribution in [0.3, 0.4) is 0 Å². The van der Waals surface area contributed by atoms with Crippen LogP contribution < -0.4 is 10.1 Å². The number of anilines is 1. The highest BCUT2D eigenvalue weighted by atomic mass is 16.5. The Morgan fingerprint density at radius 2 is 1.87 bits per heavy atom. The second kappa shape index (κ2) is 7.68. The maximum atomic E-state index is 12.5. The normalized spacial score (nSPS) is 15.7. The van der Waals surface area contributed by atoms with Crippen molar-refractivity contribution in [1.29, 1.82) is 0 Å². The Bertz CT molecular complexity index is 1100. The van der Waals surface area contributed by atoms with Crippen LogP contribution in [0.25, 0.3) is 10.9 Å². The number of piperidine rings is 1. The third kappa shape index (κ3) is 4.20. The lowest BCUT2D eigenvalue weighted by Crippen LogP contribution is -2.46. The number of aromatic nitrogens is 2. The number of likely N-dealkylation sites (tertiary alicyclic amines) is 1. The molecular formula is C21H22N4O5. The van der Waals surface area contributed by atoms with Crippen molar-refractivity contribution in [2.24, 2.45) is 0 Å². The summed E-state index contributed by atoms with van der Waals surface area (Å²) >= 11 is 0. The first-order valence-corrected chi connectivity index (χ1v) is 9.57. The van der Waals surface area contributed by atoms with Gasteiger partial charge in [0.25, 0.3) is 0 Å². The van der Waals surface area contributed by atoms with Crippen LogP contribution >= 0.6 is 0 Å². The van der Waals surface area contributed by atoms with Gasteiger partial charge in [-0.25, -0.2) is 14.6 Å². The van der Waals surface area contributed by atoms with Crippen molar-refractivity contribution in [3.05, 3.63) is 48.8 Å². The standard InChI is InChI=1S/C21H22N4O5/c1-21(29)6-10-24(11-7-21)19(26)23-18-13-16(4-8-22-18)30-15-2-3-17-14(12-15)5-9-25(17)20(27)28/h2-5,8-9,12-13,29H,6-7,10-11H2,1H3,(H,27,28)(H,22,23,26). The zero-order valence-electron chi connectivity index (χ0n) is 16.4. The summed E-state index contributed by atoms with van der Waals surface area (Å²) in [5.41, 5.74) is -0.159. The molecule has 2 aromatic heterocycles. The van der Waals surface area contributed by atoms with E-state index >= 15 is 0 Å². The molecule has 9 heteroatoms. The first-order valence-electron chi connectivity index (χ1n) is 9.57. The summed E-state index contributed by atoms with van der Waals surface area (Å²) in [6.07, 6.45) is 3.03. The third-order valence-electron chi connectivity index (χ3n) is 5.20. The van der Waals surface area contributed by atoms with E-state index in [1.807, 2.05) is 0 Å². The van der Waals surface area contributed by atoms with Crippen LogP contribution in [0, 0.1) is 0 Å². The van der Waals surface area contributed by atoms with E-state index in [9.17, 15) is 19.8 Å². The average Bonchev–Trinajstić information content (AvgIpc) is 3.11. The zero-order chi connectivity index (χ0) is 21.3. The number of pyridine rings is 1. The fraction of sp³-hybridized carbons (Fsp3) is 0.286. The quantitative estimate of drug-likeness (QED) is 0.606. The molecule has 0 bridgehead atoms. The van der Waals surface area contributed by atoms with Crippen LogP contribution in [0.15, 0.2) is 48.8 Å². The number of amides is 2. The number of ether oxygens (including phenoxy) is 1. The summed E-state index contributed by atoms with van der Waals surface area (Å²) in [4.78, 5) is 29.5. The number of benzene rings is 1. The van der Waals surface area contributed by atoms with E-state index in [0.29, 0.717) is 48.8 Å². The number of carbonyl (C=O) groups is 2. The van der Waals surface area contributed by atoms with Crippen LogP contribution in [0.1, 0.15) is 19.8 Å². The first kappa shape index (κ1) is 19.7. The van der Waals surface area contributed by atoms with Gasteiger partial charge in [-0.15, -0.1) is 0 Å². The molecule has 1 aromatic carbocycles. The Morgan fingerprint density at radius 1 is 1.13 bits per heavy atom. The Kier molecular flexibility index (Phi) is 5.04. The molecule has 0 spiro atoms. The molecule has 0 unspecified atom stereocenters. The Morgan fingerprint density at radius 3 is 2.60 bits per heavy atom. The fourth-order valence-corrected chi connectivity index (χ4v) is 3.41. The van der Waals surface area contributed by atoms with Gasteiger partial charge in [-0.3, -0.25) is 9.88 Å². The number of aliphatic hydroxyl groups is 1. The van der Waals surface area contributed by atoms with Crippen molar-refractivity contribution in [2.75, 3.05) is 18.4 Å². The van der Waals surface area contributed by atoms with E-state index in [1.54, 1.807) is 48.2 Å². The van der Waals surface area contributed by atoms with Crippen LogP contribution in [0.5, 0.6) is 11.5 Å². The van der Waals surface area contributed by atoms with Gasteiger partial charge < -0.3 is 19.8 Å². The number of nitrogens with one attached hydrogen (secondary N) is 1. The maximum Gasteiger partial charge on any atom is 0.415 e. The molecule has 0 saturated carbocycles. The molecular weight excluding hydrogens is 388 g/mol. The summed E-state index contributed by atoms with van der Waals surface area (Å²) in [6.45, 7) is 2.73. The lowest BCUT2D eigenvalue weighted by atomic mass is 9.94. The number of urea groups is 1. The lowest BCUT2D eigenvalue weighted by Gasteiger charge is -2.35. The SMILES string of the molecule is CC1(O)CCN(C(=O)Nc2cc(Oc3ccc4c(ccn4C(=O)O)c3)ccn2)CC1. The number of carboxylic acid groups (broad SMARTS) is 1. The molecule has 4 rings (SSSR count). The predicted molar refractivity (Wildman–Crippen MR) is 110 cm³/mol. The molecule has 1 aliphatic rings. The van der Waals surface area contributed by atoms with Gasteiger partial charge >= 0.3 is 12.1 Å². The molecule has 3 N–H and O–H groups in total. The van der Waals surface area contributed by atoms with Crippen LogP contribution in [-0.2, 0) is 0 Å². The minimum atomic E-state index is -1.05. The van der Waals surface area contributed by atoms with E-state index in [1.165, 1.54) is 12.4 Å². The highest BCUT2D eigenvalue weighted by Gasteiger charge is 2.29. The smallest absolute Gasteiger partial charge is 0.415 e. The molecule has 2 amide bonds. The van der Waals surface area contributed by atoms with Crippen molar-refractivity contribution < 1.29 is 24.5 Å². The Hall–Kier alpha value is -3.59. The molecule has 1 fully saturated rings. The van der Waals surface area contributed by atoms with Crippen molar-refractivity contribution in [2.45, 2.75) is 25.4 Å². The van der Waals surface area contributed by atoms with E-state index < -0.39 is 11.7 Å². The molecule has 1 saturated heterocycles. The van der Waals surface area contributed by atoms with Crippen LogP contribution in [0.4, 0.5) is 15.4 Å². The molecule has 9 nitrogen and oxygen atoms in total. The van der Waals surface area contributed by atoms with E-state index in [4.69, 9.17) is 4.74 Å². The number of nitrogens with zero attached hydrogens (tertiary/aromatic N) is 3. The second-order valence-corrected chi connectivity index (χ2v) is 7.58. The van der Waals surface area contributed by atoms with Crippen molar-refractivity contribution in [3.8, 4) is 11.5 Å². The fourth-order valence-electron chi connectivity index (χ4n) is 3.41. The summed E-state index contributed by atoms with van der Waals surface area (Å²) in [7, 11) is 0. The van der Waals surface area contributed by atoms with Gasteiger partial charge in [0, 0.05) is 36.9 Å². The van der Waals surface area contributed by atoms with Gasteiger partial charge in [0.15, 0.2) is 0 Å². The summed E-state index contributed by atoms with van der Waals surface area (Å²) in [5.74, 6) is 1.37. The number of rotatable bonds is 3. The predicted octanol–water partition coefficient (Wildman–Crippen LogP) is 3.73. The highest BCUT2D eigenvalue weighted by molar-refractivity contribution is 5.90. The Labute approximate surface area is 172 Å². The van der Waals surface area contributed by atoms with Crippen molar-refractivity contribution >= 4 is 28.8 Å². The summed E-state index contributed by atoms with van der Waals surface area (Å²) < 4.78 is 6.99. The molecule has 0 atom stereocenters. The molecule has 0 aliphatic carbocycles. The largest absolute Gasteiger partial charge is 0.464 e. The van der Waals surface area contributed by atoms with Gasteiger partial charge in [0.05, 0.1) is 11.1 Å². The summed E-state index contributed by atoms with van der Waals surface area (Å²) in [6, 6.07) is 9.81. The lowest BCUT2D eigenvalue weighted by molar-refractivity contribution is 0.00569. The Balaban J connectivity index is 1.44. The van der Waals surface area contributed by atoms with Gasteiger partial charge in [-0.2, -0.15) is 0 Å². The average molecular weight is 410 g/mol. The van der Waals surface area contributed by atoms with Crippen LogP contribution in [-0.4, -0.2) is 55.5 Å². The van der Waals surface area contributed by atoms with Gasteiger partial charge in [0.1, 0.15) is 17.3 Å². The molecule has 3 aromatic rings. The van der Waals surface area contributed by atoms with Crippen LogP contribution in [0.2, 0.25) is 0 Å². The molecule has 1 aliphatic heterocycles. The number of hydrogen-bond donors (Lipinski definition) is 3. The summed E-state index contributed by atoms with van der Waals surface area (Å²) in [5, 5.41) is 22.7. The number of hydrogen-bond acceptors (Lipinski definition) is 5. The maximum absolute atomic E-state index is 12.5. The van der Waals surface area contributed by atoms with E-state index in [-0.39, 0.29) is 6.03 Å². The third-order valence-corrected chi connectivity index (χ3v) is 5.20. The monoisotopic (exact) mass is 410 g/mol. The topological polar surface area (TPSA) is 117 Å². The molecule has 30 heavy (non-hydrogen) atoms. The van der Waals surface area contributed by atoms with E-state index in [2.05, 4.69) is 10.3 Å². The second-order valence-electron chi connectivity index (χ2n) is 7.58. The molecule has 156 valence electrons. The molecule has 0 radical (unpaired) electrons.